The lowest BCUT2D eigenvalue weighted by atomic mass is 9.89. The Morgan fingerprint density at radius 2 is 1.48 bits per heavy atom. The average molecular weight is 327 g/mol. The van der Waals surface area contributed by atoms with Crippen LogP contribution in [0.25, 0.3) is 0 Å². The third-order valence-electron chi connectivity index (χ3n) is 4.44. The normalized spacial score (nSPS) is 16.4. The Morgan fingerprint density at radius 1 is 0.880 bits per heavy atom. The number of allylic oxidation sites excluding steroid dienone is 6. The van der Waals surface area contributed by atoms with E-state index in [-0.39, 0.29) is 0 Å². The van der Waals surface area contributed by atoms with Gasteiger partial charge in [0.2, 0.25) is 0 Å². The van der Waals surface area contributed by atoms with Gasteiger partial charge in [-0.3, -0.25) is 0 Å². The highest BCUT2D eigenvalue weighted by molar-refractivity contribution is 5.73. The van der Waals surface area contributed by atoms with E-state index in [1.165, 1.54) is 34.6 Å². The average Bonchev–Trinajstić information content (AvgIpc) is 2.66. The fourth-order valence-electron chi connectivity index (χ4n) is 3.43. The molecule has 1 heteroatoms. The molecule has 0 aromatic heterocycles. The first-order valence-electron chi connectivity index (χ1n) is 8.93. The zero-order valence-electron chi connectivity index (χ0n) is 14.9. The van der Waals surface area contributed by atoms with Gasteiger partial charge in [-0.25, -0.2) is 0 Å². The van der Waals surface area contributed by atoms with Crippen molar-refractivity contribution in [3.63, 3.8) is 0 Å². The minimum atomic E-state index is 1.08. The molecule has 0 spiro atoms. The van der Waals surface area contributed by atoms with Crippen molar-refractivity contribution in [1.82, 2.24) is 0 Å². The number of anilines is 2. The number of hydrogen-bond acceptors (Lipinski definition) is 1. The molecule has 2 aromatic rings. The van der Waals surface area contributed by atoms with Gasteiger partial charge >= 0.3 is 0 Å². The predicted octanol–water partition coefficient (Wildman–Crippen LogP) is 6.95. The van der Waals surface area contributed by atoms with Crippen molar-refractivity contribution in [2.75, 3.05) is 4.90 Å². The molecule has 126 valence electrons. The summed E-state index contributed by atoms with van der Waals surface area (Å²) in [5, 5.41) is 0. The van der Waals surface area contributed by atoms with Crippen molar-refractivity contribution >= 4 is 11.4 Å². The fraction of sp³-hybridized carbons (Fsp3) is 0.167. The number of benzene rings is 2. The Morgan fingerprint density at radius 3 is 2.00 bits per heavy atom. The number of para-hydroxylation sites is 2. The van der Waals surface area contributed by atoms with E-state index in [2.05, 4.69) is 97.3 Å². The van der Waals surface area contributed by atoms with Crippen LogP contribution < -0.4 is 4.90 Å². The van der Waals surface area contributed by atoms with Gasteiger partial charge in [-0.15, -0.1) is 0 Å². The van der Waals surface area contributed by atoms with Gasteiger partial charge in [-0.1, -0.05) is 67.3 Å². The fourth-order valence-corrected chi connectivity index (χ4v) is 3.43. The van der Waals surface area contributed by atoms with E-state index < -0.39 is 0 Å². The molecule has 2 aromatic carbocycles. The molecule has 0 unspecified atom stereocenters. The van der Waals surface area contributed by atoms with Crippen LogP contribution in [0.5, 0.6) is 0 Å². The highest BCUT2D eigenvalue weighted by atomic mass is 15.2. The Bertz CT molecular complexity index is 755. The molecule has 0 heterocycles. The topological polar surface area (TPSA) is 3.24 Å². The predicted molar refractivity (Wildman–Crippen MR) is 109 cm³/mol. The molecule has 1 aliphatic rings. The van der Waals surface area contributed by atoms with Crippen LogP contribution in [0, 0.1) is 0 Å². The largest absolute Gasteiger partial charge is 0.310 e. The van der Waals surface area contributed by atoms with Crippen LogP contribution >= 0.6 is 0 Å². The Balaban J connectivity index is 2.25. The molecule has 0 saturated carbocycles. The highest BCUT2D eigenvalue weighted by Gasteiger charge is 2.23. The lowest BCUT2D eigenvalue weighted by Gasteiger charge is -2.33. The lowest BCUT2D eigenvalue weighted by Crippen LogP contribution is -2.22. The zero-order chi connectivity index (χ0) is 17.5. The summed E-state index contributed by atoms with van der Waals surface area (Å²) < 4.78 is 0. The van der Waals surface area contributed by atoms with Crippen molar-refractivity contribution in [1.29, 1.82) is 0 Å². The van der Waals surface area contributed by atoms with E-state index in [9.17, 15) is 0 Å². The SMILES string of the molecule is C=C/C=C1\CCCC(/C=C/C)=C1N(c1ccccc1)c1ccccc1. The van der Waals surface area contributed by atoms with Crippen LogP contribution in [-0.2, 0) is 0 Å². The van der Waals surface area contributed by atoms with Gasteiger partial charge in [0.1, 0.15) is 0 Å². The van der Waals surface area contributed by atoms with Gasteiger partial charge in [-0.05, 0) is 61.6 Å². The summed E-state index contributed by atoms with van der Waals surface area (Å²) in [6.07, 6.45) is 11.8. The summed E-state index contributed by atoms with van der Waals surface area (Å²) in [5.41, 5.74) is 6.39. The number of nitrogens with zero attached hydrogens (tertiary/aromatic N) is 1. The molecular formula is C24H25N. The van der Waals surface area contributed by atoms with E-state index in [1.54, 1.807) is 0 Å². The van der Waals surface area contributed by atoms with E-state index in [0.29, 0.717) is 0 Å². The molecule has 0 fully saturated rings. The molecule has 0 atom stereocenters. The summed E-state index contributed by atoms with van der Waals surface area (Å²) >= 11 is 0. The second-order valence-electron chi connectivity index (χ2n) is 6.16. The van der Waals surface area contributed by atoms with Crippen LogP contribution in [0.4, 0.5) is 11.4 Å². The first-order valence-corrected chi connectivity index (χ1v) is 8.93. The summed E-state index contributed by atoms with van der Waals surface area (Å²) in [5.74, 6) is 0. The molecule has 0 bridgehead atoms. The molecule has 0 N–H and O–H groups in total. The molecule has 3 rings (SSSR count). The van der Waals surface area contributed by atoms with Gasteiger partial charge in [-0.2, -0.15) is 0 Å². The third kappa shape index (κ3) is 3.83. The van der Waals surface area contributed by atoms with E-state index in [4.69, 9.17) is 0 Å². The van der Waals surface area contributed by atoms with Crippen LogP contribution in [0.3, 0.4) is 0 Å². The maximum absolute atomic E-state index is 3.93. The van der Waals surface area contributed by atoms with Crippen LogP contribution in [0.1, 0.15) is 26.2 Å². The first kappa shape index (κ1) is 17.0. The Hall–Kier alpha value is -2.80. The van der Waals surface area contributed by atoms with Gasteiger partial charge in [0.25, 0.3) is 0 Å². The summed E-state index contributed by atoms with van der Waals surface area (Å²) in [7, 11) is 0. The smallest absolute Gasteiger partial charge is 0.0525 e. The third-order valence-corrected chi connectivity index (χ3v) is 4.44. The maximum Gasteiger partial charge on any atom is 0.0525 e. The van der Waals surface area contributed by atoms with Gasteiger partial charge in [0.05, 0.1) is 5.70 Å². The molecule has 25 heavy (non-hydrogen) atoms. The maximum atomic E-state index is 3.93. The van der Waals surface area contributed by atoms with Gasteiger partial charge in [0, 0.05) is 11.4 Å². The van der Waals surface area contributed by atoms with Crippen molar-refractivity contribution < 1.29 is 0 Å². The molecule has 0 radical (unpaired) electrons. The van der Waals surface area contributed by atoms with Crippen molar-refractivity contribution in [2.45, 2.75) is 26.2 Å². The Labute approximate surface area is 151 Å². The monoisotopic (exact) mass is 327 g/mol. The summed E-state index contributed by atoms with van der Waals surface area (Å²) in [6, 6.07) is 21.2. The molecule has 0 aliphatic heterocycles. The van der Waals surface area contributed by atoms with Crippen LogP contribution in [-0.4, -0.2) is 0 Å². The molecular weight excluding hydrogens is 302 g/mol. The summed E-state index contributed by atoms with van der Waals surface area (Å²) in [6.45, 7) is 6.02. The first-order chi connectivity index (χ1) is 12.3. The van der Waals surface area contributed by atoms with E-state index in [1.807, 2.05) is 6.08 Å². The van der Waals surface area contributed by atoms with Crippen molar-refractivity contribution in [3.05, 3.63) is 108 Å². The standard InChI is InChI=1S/C24H25N/c1-3-12-20-14-11-15-21(13-4-2)24(20)25(22-16-7-5-8-17-22)23-18-9-6-10-19-23/h3-10,12-13,16-19H,1,11,14-15H2,2H3/b13-4+,20-12+. The number of rotatable bonds is 5. The minimum absolute atomic E-state index is 1.08. The van der Waals surface area contributed by atoms with E-state index in [0.717, 1.165) is 12.8 Å². The molecule has 0 amide bonds. The van der Waals surface area contributed by atoms with Gasteiger partial charge in [0.15, 0.2) is 0 Å². The highest BCUT2D eigenvalue weighted by Crippen LogP contribution is 2.40. The van der Waals surface area contributed by atoms with Crippen LogP contribution in [0.2, 0.25) is 0 Å². The van der Waals surface area contributed by atoms with Crippen LogP contribution in [0.15, 0.2) is 108 Å². The van der Waals surface area contributed by atoms with Crippen molar-refractivity contribution in [2.24, 2.45) is 0 Å². The van der Waals surface area contributed by atoms with E-state index >= 15 is 0 Å². The lowest BCUT2D eigenvalue weighted by molar-refractivity contribution is 0.767. The zero-order valence-corrected chi connectivity index (χ0v) is 14.9. The molecule has 1 nitrogen and oxygen atoms in total. The second-order valence-corrected chi connectivity index (χ2v) is 6.16. The second kappa shape index (κ2) is 8.34. The Kier molecular flexibility index (Phi) is 5.69. The van der Waals surface area contributed by atoms with Gasteiger partial charge < -0.3 is 4.90 Å². The minimum Gasteiger partial charge on any atom is -0.310 e. The molecule has 0 saturated heterocycles. The molecule has 1 aliphatic carbocycles. The number of hydrogen-bond donors (Lipinski definition) is 0. The summed E-state index contributed by atoms with van der Waals surface area (Å²) in [4.78, 5) is 2.38. The quantitative estimate of drug-likeness (QED) is 0.574. The van der Waals surface area contributed by atoms with Crippen molar-refractivity contribution in [3.8, 4) is 0 Å².